The van der Waals surface area contributed by atoms with E-state index in [-0.39, 0.29) is 24.8 Å². The van der Waals surface area contributed by atoms with Gasteiger partial charge in [-0.1, -0.05) is 0 Å². The lowest BCUT2D eigenvalue weighted by atomic mass is 10.3. The highest BCUT2D eigenvalue weighted by molar-refractivity contribution is 5.93. The molecule has 1 aromatic rings. The van der Waals surface area contributed by atoms with Crippen molar-refractivity contribution in [3.8, 4) is 0 Å². The summed E-state index contributed by atoms with van der Waals surface area (Å²) < 4.78 is 9.15. The molecule has 1 amide bonds. The Balaban J connectivity index is 2.26. The highest BCUT2D eigenvalue weighted by Crippen LogP contribution is 1.98. The van der Waals surface area contributed by atoms with Crippen LogP contribution in [0.4, 0.5) is 0 Å². The first-order valence-corrected chi connectivity index (χ1v) is 4.11. The molecule has 0 saturated carbocycles. The molecule has 0 aliphatic rings. The van der Waals surface area contributed by atoms with Gasteiger partial charge >= 0.3 is 5.97 Å². The SMILES string of the molecule is COC(=O)CCNC(=O)c1ccoc1. The second-order valence-electron chi connectivity index (χ2n) is 2.59. The summed E-state index contributed by atoms with van der Waals surface area (Å²) in [5.41, 5.74) is 0.440. The minimum absolute atomic E-state index is 0.167. The molecule has 0 radical (unpaired) electrons. The standard InChI is InChI=1S/C9H11NO4/c1-13-8(11)2-4-10-9(12)7-3-5-14-6-7/h3,5-6H,2,4H2,1H3,(H,10,12). The number of hydrogen-bond donors (Lipinski definition) is 1. The summed E-state index contributed by atoms with van der Waals surface area (Å²) in [6.07, 6.45) is 2.92. The van der Waals surface area contributed by atoms with Gasteiger partial charge in [0, 0.05) is 6.54 Å². The Kier molecular flexibility index (Phi) is 3.72. The summed E-state index contributed by atoms with van der Waals surface area (Å²) >= 11 is 0. The van der Waals surface area contributed by atoms with Gasteiger partial charge in [-0.25, -0.2) is 0 Å². The molecule has 0 aliphatic heterocycles. The molecule has 14 heavy (non-hydrogen) atoms. The van der Waals surface area contributed by atoms with Gasteiger partial charge in [0.05, 0.1) is 25.4 Å². The molecule has 0 saturated heterocycles. The van der Waals surface area contributed by atoms with Crippen molar-refractivity contribution in [3.63, 3.8) is 0 Å². The predicted molar refractivity (Wildman–Crippen MR) is 47.7 cm³/mol. The van der Waals surface area contributed by atoms with Crippen molar-refractivity contribution in [2.75, 3.05) is 13.7 Å². The monoisotopic (exact) mass is 197 g/mol. The lowest BCUT2D eigenvalue weighted by Gasteiger charge is -2.01. The van der Waals surface area contributed by atoms with Crippen molar-refractivity contribution in [1.82, 2.24) is 5.32 Å². The van der Waals surface area contributed by atoms with Crippen molar-refractivity contribution in [3.05, 3.63) is 24.2 Å². The summed E-state index contributed by atoms with van der Waals surface area (Å²) in [5.74, 6) is -0.611. The number of furan rings is 1. The molecular weight excluding hydrogens is 186 g/mol. The fraction of sp³-hybridized carbons (Fsp3) is 0.333. The Labute approximate surface area is 81.0 Å². The molecule has 0 unspecified atom stereocenters. The van der Waals surface area contributed by atoms with Crippen molar-refractivity contribution in [2.24, 2.45) is 0 Å². The fourth-order valence-corrected chi connectivity index (χ4v) is 0.876. The van der Waals surface area contributed by atoms with E-state index in [2.05, 4.69) is 10.1 Å². The molecule has 1 aromatic heterocycles. The molecular formula is C9H11NO4. The summed E-state index contributed by atoms with van der Waals surface area (Å²) in [6.45, 7) is 0.261. The maximum absolute atomic E-state index is 11.3. The average Bonchev–Trinajstić information content (AvgIpc) is 2.70. The molecule has 0 bridgehead atoms. The van der Waals surface area contributed by atoms with E-state index in [0.29, 0.717) is 5.56 Å². The van der Waals surface area contributed by atoms with E-state index in [0.717, 1.165) is 0 Å². The molecule has 0 aliphatic carbocycles. The lowest BCUT2D eigenvalue weighted by molar-refractivity contribution is -0.140. The van der Waals surface area contributed by atoms with E-state index >= 15 is 0 Å². The summed E-state index contributed by atoms with van der Waals surface area (Å²) in [4.78, 5) is 21.9. The van der Waals surface area contributed by atoms with Gasteiger partial charge in [0.25, 0.3) is 5.91 Å². The topological polar surface area (TPSA) is 68.5 Å². The minimum atomic E-state index is -0.350. The van der Waals surface area contributed by atoms with Gasteiger partial charge in [0.1, 0.15) is 6.26 Å². The maximum atomic E-state index is 11.3. The number of hydrogen-bond acceptors (Lipinski definition) is 4. The number of esters is 1. The van der Waals surface area contributed by atoms with Crippen molar-refractivity contribution >= 4 is 11.9 Å². The molecule has 5 heteroatoms. The first-order chi connectivity index (χ1) is 6.74. The third-order valence-corrected chi connectivity index (χ3v) is 1.63. The van der Waals surface area contributed by atoms with Crippen molar-refractivity contribution in [2.45, 2.75) is 6.42 Å². The largest absolute Gasteiger partial charge is 0.472 e. The number of nitrogens with one attached hydrogen (secondary N) is 1. The normalized spacial score (nSPS) is 9.50. The average molecular weight is 197 g/mol. The number of ether oxygens (including phenoxy) is 1. The van der Waals surface area contributed by atoms with Crippen LogP contribution in [0.15, 0.2) is 23.0 Å². The highest BCUT2D eigenvalue weighted by atomic mass is 16.5. The van der Waals surface area contributed by atoms with Crippen molar-refractivity contribution < 1.29 is 18.7 Å². The number of carbonyl (C=O) groups is 2. The van der Waals surface area contributed by atoms with Crippen LogP contribution in [-0.4, -0.2) is 25.5 Å². The number of carbonyl (C=O) groups excluding carboxylic acids is 2. The Morgan fingerprint density at radius 3 is 2.93 bits per heavy atom. The van der Waals surface area contributed by atoms with E-state index in [1.165, 1.54) is 19.6 Å². The van der Waals surface area contributed by atoms with Gasteiger partial charge in [0.2, 0.25) is 0 Å². The quantitative estimate of drug-likeness (QED) is 0.716. The van der Waals surface area contributed by atoms with Crippen LogP contribution in [0.25, 0.3) is 0 Å². The summed E-state index contributed by atoms with van der Waals surface area (Å²) in [7, 11) is 1.31. The molecule has 1 heterocycles. The zero-order valence-electron chi connectivity index (χ0n) is 7.78. The van der Waals surface area contributed by atoms with Crippen molar-refractivity contribution in [1.29, 1.82) is 0 Å². The second kappa shape index (κ2) is 5.06. The first kappa shape index (κ1) is 10.3. The summed E-state index contributed by atoms with van der Waals surface area (Å²) in [6, 6.07) is 1.55. The third kappa shape index (κ3) is 2.93. The van der Waals surface area contributed by atoms with Crippen LogP contribution in [-0.2, 0) is 9.53 Å². The van der Waals surface area contributed by atoms with Gasteiger partial charge < -0.3 is 14.5 Å². The third-order valence-electron chi connectivity index (χ3n) is 1.63. The molecule has 5 nitrogen and oxygen atoms in total. The molecule has 1 N–H and O–H groups in total. The molecule has 1 rings (SSSR count). The molecule has 76 valence electrons. The van der Waals surface area contributed by atoms with Gasteiger partial charge in [-0.15, -0.1) is 0 Å². The second-order valence-corrected chi connectivity index (χ2v) is 2.59. The predicted octanol–water partition coefficient (Wildman–Crippen LogP) is 0.573. The van der Waals surface area contributed by atoms with E-state index in [1.807, 2.05) is 0 Å². The van der Waals surface area contributed by atoms with Crippen LogP contribution in [0.2, 0.25) is 0 Å². The zero-order valence-corrected chi connectivity index (χ0v) is 7.78. The van der Waals surface area contributed by atoms with E-state index < -0.39 is 0 Å². The highest BCUT2D eigenvalue weighted by Gasteiger charge is 2.06. The number of rotatable bonds is 4. The molecule has 0 aromatic carbocycles. The van der Waals surface area contributed by atoms with Crippen LogP contribution >= 0.6 is 0 Å². The molecule has 0 atom stereocenters. The lowest BCUT2D eigenvalue weighted by Crippen LogP contribution is -2.25. The zero-order chi connectivity index (χ0) is 10.4. The van der Waals surface area contributed by atoms with Crippen LogP contribution in [0.1, 0.15) is 16.8 Å². The molecule has 0 spiro atoms. The Hall–Kier alpha value is -1.78. The fourth-order valence-electron chi connectivity index (χ4n) is 0.876. The van der Waals surface area contributed by atoms with E-state index in [9.17, 15) is 9.59 Å². The van der Waals surface area contributed by atoms with Gasteiger partial charge in [-0.3, -0.25) is 9.59 Å². The van der Waals surface area contributed by atoms with Gasteiger partial charge in [-0.2, -0.15) is 0 Å². The van der Waals surface area contributed by atoms with Gasteiger partial charge in [0.15, 0.2) is 0 Å². The van der Waals surface area contributed by atoms with Crippen LogP contribution in [0, 0.1) is 0 Å². The number of amides is 1. The van der Waals surface area contributed by atoms with E-state index in [1.54, 1.807) is 6.07 Å². The van der Waals surface area contributed by atoms with Crippen LogP contribution < -0.4 is 5.32 Å². The summed E-state index contributed by atoms with van der Waals surface area (Å²) in [5, 5.41) is 2.55. The van der Waals surface area contributed by atoms with Gasteiger partial charge in [-0.05, 0) is 6.07 Å². The minimum Gasteiger partial charge on any atom is -0.472 e. The Bertz CT molecular complexity index is 305. The van der Waals surface area contributed by atoms with Crippen LogP contribution in [0.3, 0.4) is 0 Å². The van der Waals surface area contributed by atoms with Crippen LogP contribution in [0.5, 0.6) is 0 Å². The van der Waals surface area contributed by atoms with E-state index in [4.69, 9.17) is 4.42 Å². The molecule has 0 fully saturated rings. The maximum Gasteiger partial charge on any atom is 0.307 e. The Morgan fingerprint density at radius 2 is 2.36 bits per heavy atom. The Morgan fingerprint density at radius 1 is 1.57 bits per heavy atom. The smallest absolute Gasteiger partial charge is 0.307 e. The first-order valence-electron chi connectivity index (χ1n) is 4.11. The number of methoxy groups -OCH3 is 1.